The molecule has 2 aromatic rings. The third-order valence-corrected chi connectivity index (χ3v) is 3.03. The third-order valence-electron chi connectivity index (χ3n) is 3.03. The van der Waals surface area contributed by atoms with Crippen molar-refractivity contribution in [3.63, 3.8) is 0 Å². The zero-order valence-corrected chi connectivity index (χ0v) is 12.2. The number of rotatable bonds is 5. The number of nitrogens with zero attached hydrogens (tertiary/aromatic N) is 4. The molecule has 7 nitrogen and oxygen atoms in total. The molecule has 0 amide bonds. The molecular weight excluding hydrogens is 270 g/mol. The number of nitro groups is 1. The van der Waals surface area contributed by atoms with Crippen LogP contribution in [0.15, 0.2) is 30.6 Å². The van der Waals surface area contributed by atoms with E-state index >= 15 is 0 Å². The molecule has 0 bridgehead atoms. The Balaban J connectivity index is 2.38. The van der Waals surface area contributed by atoms with Gasteiger partial charge in [0.2, 0.25) is 11.6 Å². The largest absolute Gasteiger partial charge is 0.357 e. The van der Waals surface area contributed by atoms with Crippen molar-refractivity contribution in [2.75, 3.05) is 24.3 Å². The van der Waals surface area contributed by atoms with Gasteiger partial charge in [0, 0.05) is 19.8 Å². The molecule has 0 atom stereocenters. The molecular formula is C14H17N5O2. The van der Waals surface area contributed by atoms with Gasteiger partial charge in [-0.1, -0.05) is 19.1 Å². The van der Waals surface area contributed by atoms with Gasteiger partial charge in [-0.2, -0.15) is 0 Å². The summed E-state index contributed by atoms with van der Waals surface area (Å²) in [6.45, 7) is 2.07. The van der Waals surface area contributed by atoms with Crippen LogP contribution < -0.4 is 10.2 Å². The standard InChI is InChI=1S/C14H17N5O2/c1-4-10-5-7-11(8-6-10)17-13-12(19(20)21)14(18(2)3)16-9-15-13/h5-9H,4H2,1-3H3,(H,15,16,17). The molecule has 21 heavy (non-hydrogen) atoms. The van der Waals surface area contributed by atoms with Crippen molar-refractivity contribution < 1.29 is 4.92 Å². The molecule has 1 aromatic heterocycles. The van der Waals surface area contributed by atoms with Crippen LogP contribution in [0.1, 0.15) is 12.5 Å². The van der Waals surface area contributed by atoms with E-state index in [0.29, 0.717) is 0 Å². The van der Waals surface area contributed by atoms with E-state index in [4.69, 9.17) is 0 Å². The van der Waals surface area contributed by atoms with Gasteiger partial charge >= 0.3 is 5.69 Å². The summed E-state index contributed by atoms with van der Waals surface area (Å²) in [4.78, 5) is 20.4. The fourth-order valence-electron chi connectivity index (χ4n) is 1.92. The van der Waals surface area contributed by atoms with E-state index in [1.165, 1.54) is 11.9 Å². The summed E-state index contributed by atoms with van der Waals surface area (Å²) in [7, 11) is 3.41. The lowest BCUT2D eigenvalue weighted by atomic mass is 10.1. The first-order valence-electron chi connectivity index (χ1n) is 6.55. The Morgan fingerprint density at radius 3 is 2.43 bits per heavy atom. The van der Waals surface area contributed by atoms with Gasteiger partial charge in [0.25, 0.3) is 0 Å². The minimum absolute atomic E-state index is 0.137. The Hall–Kier alpha value is -2.70. The fraction of sp³-hybridized carbons (Fsp3) is 0.286. The highest BCUT2D eigenvalue weighted by Gasteiger charge is 2.24. The molecule has 0 fully saturated rings. The van der Waals surface area contributed by atoms with Gasteiger partial charge in [-0.15, -0.1) is 0 Å². The Morgan fingerprint density at radius 2 is 1.90 bits per heavy atom. The molecule has 0 saturated carbocycles. The number of aromatic nitrogens is 2. The highest BCUT2D eigenvalue weighted by atomic mass is 16.6. The molecule has 0 aliphatic carbocycles. The third kappa shape index (κ3) is 3.25. The maximum atomic E-state index is 11.3. The van der Waals surface area contributed by atoms with E-state index in [-0.39, 0.29) is 17.3 Å². The molecule has 0 unspecified atom stereocenters. The topological polar surface area (TPSA) is 84.2 Å². The predicted molar refractivity (Wildman–Crippen MR) is 82.1 cm³/mol. The zero-order valence-electron chi connectivity index (χ0n) is 12.2. The van der Waals surface area contributed by atoms with E-state index in [9.17, 15) is 10.1 Å². The lowest BCUT2D eigenvalue weighted by molar-refractivity contribution is -0.383. The lowest BCUT2D eigenvalue weighted by Crippen LogP contribution is -2.14. The average Bonchev–Trinajstić information content (AvgIpc) is 2.47. The monoisotopic (exact) mass is 287 g/mol. The summed E-state index contributed by atoms with van der Waals surface area (Å²) in [5, 5.41) is 14.3. The molecule has 7 heteroatoms. The first kappa shape index (κ1) is 14.7. The molecule has 2 rings (SSSR count). The van der Waals surface area contributed by atoms with Gasteiger partial charge in [0.15, 0.2) is 0 Å². The van der Waals surface area contributed by atoms with E-state index in [1.807, 2.05) is 24.3 Å². The Kier molecular flexibility index (Phi) is 4.32. The van der Waals surface area contributed by atoms with E-state index in [2.05, 4.69) is 22.2 Å². The van der Waals surface area contributed by atoms with Crippen LogP contribution in [0.25, 0.3) is 0 Å². The van der Waals surface area contributed by atoms with Crippen LogP contribution in [0.5, 0.6) is 0 Å². The van der Waals surface area contributed by atoms with Crippen LogP contribution in [0, 0.1) is 10.1 Å². The first-order valence-corrected chi connectivity index (χ1v) is 6.55. The molecule has 0 aliphatic rings. The Morgan fingerprint density at radius 1 is 1.24 bits per heavy atom. The van der Waals surface area contributed by atoms with Gasteiger partial charge in [0.1, 0.15) is 6.33 Å². The molecule has 1 N–H and O–H groups in total. The number of nitrogens with one attached hydrogen (secondary N) is 1. The molecule has 1 heterocycles. The summed E-state index contributed by atoms with van der Waals surface area (Å²) in [6.07, 6.45) is 2.25. The molecule has 0 aliphatic heterocycles. The quantitative estimate of drug-likeness (QED) is 0.672. The Bertz CT molecular complexity index is 640. The normalized spacial score (nSPS) is 10.2. The summed E-state index contributed by atoms with van der Waals surface area (Å²) >= 11 is 0. The van der Waals surface area contributed by atoms with Crippen LogP contribution in [0.4, 0.5) is 23.0 Å². The number of aryl methyl sites for hydroxylation is 1. The number of benzene rings is 1. The van der Waals surface area contributed by atoms with Crippen LogP contribution in [-0.4, -0.2) is 29.0 Å². The lowest BCUT2D eigenvalue weighted by Gasteiger charge is -2.13. The second-order valence-corrected chi connectivity index (χ2v) is 4.72. The minimum atomic E-state index is -0.474. The van der Waals surface area contributed by atoms with Crippen molar-refractivity contribution in [3.05, 3.63) is 46.3 Å². The summed E-state index contributed by atoms with van der Waals surface area (Å²) in [5.74, 6) is 0.450. The molecule has 0 radical (unpaired) electrons. The molecule has 0 spiro atoms. The smallest absolute Gasteiger partial charge is 0.353 e. The van der Waals surface area contributed by atoms with E-state index < -0.39 is 4.92 Å². The fourth-order valence-corrected chi connectivity index (χ4v) is 1.92. The van der Waals surface area contributed by atoms with Gasteiger partial charge in [-0.05, 0) is 24.1 Å². The predicted octanol–water partition coefficient (Wildman–Crippen LogP) is 2.76. The van der Waals surface area contributed by atoms with E-state index in [0.717, 1.165) is 12.1 Å². The number of anilines is 3. The van der Waals surface area contributed by atoms with Crippen molar-refractivity contribution in [2.45, 2.75) is 13.3 Å². The molecule has 110 valence electrons. The maximum Gasteiger partial charge on any atom is 0.353 e. The van der Waals surface area contributed by atoms with Crippen molar-refractivity contribution in [3.8, 4) is 0 Å². The second kappa shape index (κ2) is 6.17. The maximum absolute atomic E-state index is 11.3. The molecule has 0 saturated heterocycles. The van der Waals surface area contributed by atoms with Crippen molar-refractivity contribution in [1.29, 1.82) is 0 Å². The highest BCUT2D eigenvalue weighted by molar-refractivity contribution is 5.74. The highest BCUT2D eigenvalue weighted by Crippen LogP contribution is 2.32. The van der Waals surface area contributed by atoms with Crippen molar-refractivity contribution in [1.82, 2.24) is 9.97 Å². The minimum Gasteiger partial charge on any atom is -0.357 e. The zero-order chi connectivity index (χ0) is 15.4. The van der Waals surface area contributed by atoms with Gasteiger partial charge in [0.05, 0.1) is 4.92 Å². The van der Waals surface area contributed by atoms with Crippen LogP contribution in [0.2, 0.25) is 0 Å². The number of hydrogen-bond donors (Lipinski definition) is 1. The summed E-state index contributed by atoms with van der Waals surface area (Å²) in [6, 6.07) is 7.70. The average molecular weight is 287 g/mol. The van der Waals surface area contributed by atoms with Crippen molar-refractivity contribution in [2.24, 2.45) is 0 Å². The summed E-state index contributed by atoms with van der Waals surface area (Å²) < 4.78 is 0. The number of hydrogen-bond acceptors (Lipinski definition) is 6. The SMILES string of the molecule is CCc1ccc(Nc2ncnc(N(C)C)c2[N+](=O)[O-])cc1. The molecule has 1 aromatic carbocycles. The van der Waals surface area contributed by atoms with Gasteiger partial charge < -0.3 is 10.2 Å². The summed E-state index contributed by atoms with van der Waals surface area (Å²) in [5.41, 5.74) is 1.81. The Labute approximate surface area is 122 Å². The first-order chi connectivity index (χ1) is 10.0. The van der Waals surface area contributed by atoms with Crippen LogP contribution in [0.3, 0.4) is 0 Å². The van der Waals surface area contributed by atoms with Crippen LogP contribution >= 0.6 is 0 Å². The second-order valence-electron chi connectivity index (χ2n) is 4.72. The van der Waals surface area contributed by atoms with E-state index in [1.54, 1.807) is 19.0 Å². The van der Waals surface area contributed by atoms with Crippen LogP contribution in [-0.2, 0) is 6.42 Å². The van der Waals surface area contributed by atoms with Gasteiger partial charge in [-0.3, -0.25) is 10.1 Å². The van der Waals surface area contributed by atoms with Crippen molar-refractivity contribution >= 4 is 23.0 Å². The van der Waals surface area contributed by atoms with Gasteiger partial charge in [-0.25, -0.2) is 9.97 Å².